The zero-order chi connectivity index (χ0) is 15.6. The van der Waals surface area contributed by atoms with Gasteiger partial charge >= 0.3 is 0 Å². The van der Waals surface area contributed by atoms with Gasteiger partial charge in [-0.3, -0.25) is 4.79 Å². The van der Waals surface area contributed by atoms with Crippen molar-refractivity contribution in [2.75, 3.05) is 5.32 Å². The second kappa shape index (κ2) is 5.46. The van der Waals surface area contributed by atoms with Crippen LogP contribution in [0.1, 0.15) is 10.5 Å². The Bertz CT molecular complexity index is 957. The van der Waals surface area contributed by atoms with Crippen LogP contribution in [0.15, 0.2) is 77.7 Å². The molecule has 0 atom stereocenters. The van der Waals surface area contributed by atoms with Crippen molar-refractivity contribution < 1.29 is 9.21 Å². The quantitative estimate of drug-likeness (QED) is 0.625. The molecule has 0 aliphatic rings. The molecule has 3 aromatic heterocycles. The largest absolute Gasteiger partial charge is 0.464 e. The molecule has 1 N–H and O–H groups in total. The van der Waals surface area contributed by atoms with Gasteiger partial charge < -0.3 is 14.1 Å². The number of hydrogen-bond acceptors (Lipinski definition) is 3. The van der Waals surface area contributed by atoms with Crippen molar-refractivity contribution in [1.29, 1.82) is 0 Å². The van der Waals surface area contributed by atoms with E-state index in [4.69, 9.17) is 4.42 Å². The fourth-order valence-electron chi connectivity index (χ4n) is 2.41. The summed E-state index contributed by atoms with van der Waals surface area (Å²) >= 11 is 0. The Kier molecular flexibility index (Phi) is 3.16. The third-order valence-corrected chi connectivity index (χ3v) is 3.52. The van der Waals surface area contributed by atoms with Crippen LogP contribution >= 0.6 is 0 Å². The number of benzene rings is 1. The number of aromatic nitrogens is 2. The SMILES string of the molecule is O=C(Nc1ccccc1)c1cn2cc(-c3ccco3)ccc2n1. The van der Waals surface area contributed by atoms with Crippen LogP contribution in [0.4, 0.5) is 5.69 Å². The topological polar surface area (TPSA) is 59.5 Å². The summed E-state index contributed by atoms with van der Waals surface area (Å²) in [6, 6.07) is 16.8. The summed E-state index contributed by atoms with van der Waals surface area (Å²) < 4.78 is 7.21. The Morgan fingerprint density at radius 2 is 1.87 bits per heavy atom. The van der Waals surface area contributed by atoms with Crippen molar-refractivity contribution in [3.63, 3.8) is 0 Å². The van der Waals surface area contributed by atoms with E-state index >= 15 is 0 Å². The number of para-hydroxylation sites is 1. The predicted octanol–water partition coefficient (Wildman–Crippen LogP) is 3.85. The molecule has 0 radical (unpaired) electrons. The number of furan rings is 1. The van der Waals surface area contributed by atoms with E-state index in [-0.39, 0.29) is 5.91 Å². The first-order valence-corrected chi connectivity index (χ1v) is 7.19. The van der Waals surface area contributed by atoms with E-state index in [0.717, 1.165) is 17.0 Å². The number of amides is 1. The van der Waals surface area contributed by atoms with E-state index in [1.807, 2.05) is 65.2 Å². The number of nitrogens with one attached hydrogen (secondary N) is 1. The lowest BCUT2D eigenvalue weighted by Gasteiger charge is -2.01. The van der Waals surface area contributed by atoms with Gasteiger partial charge in [0.1, 0.15) is 17.1 Å². The predicted molar refractivity (Wildman–Crippen MR) is 87.3 cm³/mol. The smallest absolute Gasteiger partial charge is 0.275 e. The summed E-state index contributed by atoms with van der Waals surface area (Å²) in [5.74, 6) is 0.537. The van der Waals surface area contributed by atoms with E-state index in [9.17, 15) is 4.79 Å². The molecule has 0 spiro atoms. The number of pyridine rings is 1. The molecule has 0 aliphatic heterocycles. The average Bonchev–Trinajstić information content (AvgIpc) is 3.24. The van der Waals surface area contributed by atoms with Crippen LogP contribution in [0.3, 0.4) is 0 Å². The molecule has 1 amide bonds. The van der Waals surface area contributed by atoms with Crippen LogP contribution in [0.5, 0.6) is 0 Å². The monoisotopic (exact) mass is 303 g/mol. The maximum atomic E-state index is 12.3. The van der Waals surface area contributed by atoms with Crippen LogP contribution in [0.25, 0.3) is 17.0 Å². The van der Waals surface area contributed by atoms with Crippen molar-refractivity contribution in [2.45, 2.75) is 0 Å². The van der Waals surface area contributed by atoms with Gasteiger partial charge in [0.05, 0.1) is 6.26 Å². The summed E-state index contributed by atoms with van der Waals surface area (Å²) in [6.07, 6.45) is 5.23. The summed E-state index contributed by atoms with van der Waals surface area (Å²) in [6.45, 7) is 0. The Hall–Kier alpha value is -3.34. The number of carbonyl (C=O) groups excluding carboxylic acids is 1. The highest BCUT2D eigenvalue weighted by atomic mass is 16.3. The molecule has 1 aromatic carbocycles. The zero-order valence-corrected chi connectivity index (χ0v) is 12.1. The summed E-state index contributed by atoms with van der Waals surface area (Å²) in [5, 5.41) is 2.83. The van der Waals surface area contributed by atoms with Gasteiger partial charge in [0.2, 0.25) is 0 Å². The van der Waals surface area contributed by atoms with Gasteiger partial charge in [-0.2, -0.15) is 0 Å². The lowest BCUT2D eigenvalue weighted by Crippen LogP contribution is -2.11. The Morgan fingerprint density at radius 3 is 2.65 bits per heavy atom. The highest BCUT2D eigenvalue weighted by Gasteiger charge is 2.12. The number of imidazole rings is 1. The molecule has 5 nitrogen and oxygen atoms in total. The maximum Gasteiger partial charge on any atom is 0.275 e. The second-order valence-corrected chi connectivity index (χ2v) is 5.11. The maximum absolute atomic E-state index is 12.3. The van der Waals surface area contributed by atoms with Gasteiger partial charge in [-0.15, -0.1) is 0 Å². The Labute approximate surface area is 132 Å². The molecule has 0 fully saturated rings. The molecule has 0 bridgehead atoms. The normalized spacial score (nSPS) is 10.8. The first-order valence-electron chi connectivity index (χ1n) is 7.19. The van der Waals surface area contributed by atoms with E-state index in [2.05, 4.69) is 10.3 Å². The van der Waals surface area contributed by atoms with E-state index in [1.54, 1.807) is 12.5 Å². The Balaban J connectivity index is 1.65. The third-order valence-electron chi connectivity index (χ3n) is 3.52. The minimum Gasteiger partial charge on any atom is -0.464 e. The fraction of sp³-hybridized carbons (Fsp3) is 0. The summed E-state index contributed by atoms with van der Waals surface area (Å²) in [7, 11) is 0. The van der Waals surface area contributed by atoms with Gasteiger partial charge in [-0.05, 0) is 36.4 Å². The molecule has 112 valence electrons. The summed E-state index contributed by atoms with van der Waals surface area (Å²) in [5.41, 5.74) is 2.74. The van der Waals surface area contributed by atoms with Crippen molar-refractivity contribution in [3.05, 3.63) is 78.9 Å². The van der Waals surface area contributed by atoms with E-state index < -0.39 is 0 Å². The molecular weight excluding hydrogens is 290 g/mol. The second-order valence-electron chi connectivity index (χ2n) is 5.11. The van der Waals surface area contributed by atoms with E-state index in [0.29, 0.717) is 11.3 Å². The van der Waals surface area contributed by atoms with Gasteiger partial charge in [0.25, 0.3) is 5.91 Å². The molecular formula is C18H13N3O2. The highest BCUT2D eigenvalue weighted by Crippen LogP contribution is 2.20. The minimum atomic E-state index is -0.237. The molecule has 3 heterocycles. The molecule has 4 rings (SSSR count). The van der Waals surface area contributed by atoms with Gasteiger partial charge in [0.15, 0.2) is 0 Å². The third kappa shape index (κ3) is 2.60. The molecule has 0 aliphatic carbocycles. The van der Waals surface area contributed by atoms with Gasteiger partial charge in [-0.25, -0.2) is 4.98 Å². The molecule has 4 aromatic rings. The van der Waals surface area contributed by atoms with Gasteiger partial charge in [0, 0.05) is 23.6 Å². The molecule has 5 heteroatoms. The van der Waals surface area contributed by atoms with Crippen molar-refractivity contribution in [3.8, 4) is 11.3 Å². The lowest BCUT2D eigenvalue weighted by atomic mass is 10.2. The number of anilines is 1. The first-order chi connectivity index (χ1) is 11.3. The Morgan fingerprint density at radius 1 is 1.00 bits per heavy atom. The number of nitrogens with zero attached hydrogens (tertiary/aromatic N) is 2. The number of rotatable bonds is 3. The highest BCUT2D eigenvalue weighted by molar-refractivity contribution is 6.03. The fourth-order valence-corrected chi connectivity index (χ4v) is 2.41. The van der Waals surface area contributed by atoms with Crippen LogP contribution in [-0.2, 0) is 0 Å². The van der Waals surface area contributed by atoms with Crippen molar-refractivity contribution in [2.24, 2.45) is 0 Å². The zero-order valence-electron chi connectivity index (χ0n) is 12.1. The van der Waals surface area contributed by atoms with E-state index in [1.165, 1.54) is 0 Å². The van der Waals surface area contributed by atoms with Crippen LogP contribution in [0, 0.1) is 0 Å². The lowest BCUT2D eigenvalue weighted by molar-refractivity contribution is 0.102. The van der Waals surface area contributed by atoms with Gasteiger partial charge in [-0.1, -0.05) is 18.2 Å². The molecule has 0 saturated heterocycles. The number of carbonyl (C=O) groups is 1. The summed E-state index contributed by atoms with van der Waals surface area (Å²) in [4.78, 5) is 16.6. The number of hydrogen-bond donors (Lipinski definition) is 1. The minimum absolute atomic E-state index is 0.237. The molecule has 0 saturated carbocycles. The number of fused-ring (bicyclic) bond motifs is 1. The van der Waals surface area contributed by atoms with Crippen LogP contribution in [0.2, 0.25) is 0 Å². The molecule has 0 unspecified atom stereocenters. The van der Waals surface area contributed by atoms with Crippen LogP contribution in [-0.4, -0.2) is 15.3 Å². The average molecular weight is 303 g/mol. The first kappa shape index (κ1) is 13.3. The standard InChI is InChI=1S/C18H13N3O2/c22-18(19-14-5-2-1-3-6-14)15-12-21-11-13(8-9-17(21)20-15)16-7-4-10-23-16/h1-12H,(H,19,22). The molecule has 23 heavy (non-hydrogen) atoms. The van der Waals surface area contributed by atoms with Crippen molar-refractivity contribution in [1.82, 2.24) is 9.38 Å². The van der Waals surface area contributed by atoms with Crippen LogP contribution < -0.4 is 5.32 Å². The van der Waals surface area contributed by atoms with Crippen molar-refractivity contribution >= 4 is 17.2 Å².